The van der Waals surface area contributed by atoms with Crippen molar-refractivity contribution < 1.29 is 9.59 Å². The number of nitrogens with one attached hydrogen (secondary N) is 1. The molecule has 0 bridgehead atoms. The summed E-state index contributed by atoms with van der Waals surface area (Å²) < 4.78 is 1.83. The number of hydrogen-bond donors (Lipinski definition) is 1. The number of halogens is 1. The highest BCUT2D eigenvalue weighted by molar-refractivity contribution is 6.31. The first-order valence-corrected chi connectivity index (χ1v) is 8.53. The largest absolute Gasteiger partial charge is 0.347 e. The Hall–Kier alpha value is -2.92. The van der Waals surface area contributed by atoms with E-state index in [1.165, 1.54) is 6.92 Å². The number of fused-ring (bicyclic) bond motifs is 1. The van der Waals surface area contributed by atoms with Crippen molar-refractivity contribution in [1.29, 1.82) is 0 Å². The van der Waals surface area contributed by atoms with Crippen LogP contribution < -0.4 is 10.7 Å². The summed E-state index contributed by atoms with van der Waals surface area (Å²) in [6.07, 6.45) is 1.55. The number of Topliss-reactive ketones (excluding diaryl/α,β-unsaturated/α-hetero) is 1. The lowest BCUT2D eigenvalue weighted by molar-refractivity contribution is 0.101. The van der Waals surface area contributed by atoms with Crippen molar-refractivity contribution in [2.24, 2.45) is 0 Å². The van der Waals surface area contributed by atoms with Crippen LogP contribution in [-0.4, -0.2) is 16.3 Å². The maximum Gasteiger partial charge on any atom is 0.261 e. The number of benzene rings is 2. The lowest BCUT2D eigenvalue weighted by Gasteiger charge is -2.12. The number of carbonyl (C=O) groups excluding carboxylic acids is 2. The molecule has 0 saturated heterocycles. The van der Waals surface area contributed by atoms with E-state index in [0.29, 0.717) is 28.2 Å². The van der Waals surface area contributed by atoms with Gasteiger partial charge in [0.1, 0.15) is 5.56 Å². The van der Waals surface area contributed by atoms with Crippen LogP contribution in [0.15, 0.2) is 53.5 Å². The van der Waals surface area contributed by atoms with Gasteiger partial charge in [-0.15, -0.1) is 0 Å². The fourth-order valence-electron chi connectivity index (χ4n) is 2.78. The zero-order valence-electron chi connectivity index (χ0n) is 14.4. The van der Waals surface area contributed by atoms with Gasteiger partial charge in [0.15, 0.2) is 5.78 Å². The maximum absolute atomic E-state index is 12.7. The average Bonchev–Trinajstić information content (AvgIpc) is 2.62. The number of carbonyl (C=O) groups is 2. The molecule has 1 N–H and O–H groups in total. The third-order valence-electron chi connectivity index (χ3n) is 4.18. The van der Waals surface area contributed by atoms with Gasteiger partial charge in [0.2, 0.25) is 5.43 Å². The van der Waals surface area contributed by atoms with Crippen molar-refractivity contribution in [3.63, 3.8) is 0 Å². The highest BCUT2D eigenvalue weighted by Gasteiger charge is 2.16. The lowest BCUT2D eigenvalue weighted by atomic mass is 10.1. The molecule has 1 amide bonds. The van der Waals surface area contributed by atoms with Gasteiger partial charge in [-0.2, -0.15) is 0 Å². The minimum atomic E-state index is -0.505. The molecular weight excluding hydrogens is 352 g/mol. The highest BCUT2D eigenvalue weighted by Crippen LogP contribution is 2.18. The summed E-state index contributed by atoms with van der Waals surface area (Å²) in [5.74, 6) is -0.560. The topological polar surface area (TPSA) is 68.2 Å². The van der Waals surface area contributed by atoms with Crippen molar-refractivity contribution in [2.75, 3.05) is 5.32 Å². The van der Waals surface area contributed by atoms with Crippen molar-refractivity contribution in [2.45, 2.75) is 20.4 Å². The number of pyridine rings is 1. The van der Waals surface area contributed by atoms with E-state index in [9.17, 15) is 14.4 Å². The monoisotopic (exact) mass is 368 g/mol. The molecule has 2 aromatic carbocycles. The molecule has 0 fully saturated rings. The van der Waals surface area contributed by atoms with E-state index in [1.807, 2.05) is 11.5 Å². The Balaban J connectivity index is 2.01. The second-order valence-electron chi connectivity index (χ2n) is 5.91. The molecule has 26 heavy (non-hydrogen) atoms. The van der Waals surface area contributed by atoms with Crippen LogP contribution in [0.1, 0.15) is 34.6 Å². The number of hydrogen-bond acceptors (Lipinski definition) is 3. The van der Waals surface area contributed by atoms with E-state index >= 15 is 0 Å². The Labute approximate surface area is 155 Å². The molecule has 0 aliphatic carbocycles. The Morgan fingerprint density at radius 2 is 1.81 bits per heavy atom. The van der Waals surface area contributed by atoms with E-state index in [4.69, 9.17) is 11.6 Å². The fraction of sp³-hybridized carbons (Fsp3) is 0.150. The summed E-state index contributed by atoms with van der Waals surface area (Å²) in [4.78, 5) is 36.7. The van der Waals surface area contributed by atoms with E-state index in [2.05, 4.69) is 5.32 Å². The van der Waals surface area contributed by atoms with Crippen LogP contribution in [0.3, 0.4) is 0 Å². The Bertz CT molecular complexity index is 1070. The van der Waals surface area contributed by atoms with Gasteiger partial charge in [0.25, 0.3) is 5.91 Å². The number of nitrogens with zero attached hydrogens (tertiary/aromatic N) is 1. The summed E-state index contributed by atoms with van der Waals surface area (Å²) in [5.41, 5.74) is 1.46. The van der Waals surface area contributed by atoms with E-state index in [-0.39, 0.29) is 16.8 Å². The molecule has 0 radical (unpaired) electrons. The van der Waals surface area contributed by atoms with Crippen LogP contribution >= 0.6 is 11.6 Å². The standard InChI is InChI=1S/C20H17ClN2O3/c1-3-23-11-17(19(25)16-10-14(21)6-9-18(16)23)20(26)22-15-7-4-13(5-8-15)12(2)24/h4-11H,3H2,1-2H3,(H,22,26). The average molecular weight is 369 g/mol. The van der Waals surface area contributed by atoms with Crippen LogP contribution in [-0.2, 0) is 6.54 Å². The number of rotatable bonds is 4. The Morgan fingerprint density at radius 1 is 1.12 bits per heavy atom. The second kappa shape index (κ2) is 7.14. The normalized spacial score (nSPS) is 10.7. The van der Waals surface area contributed by atoms with Crippen molar-refractivity contribution in [3.8, 4) is 0 Å². The van der Waals surface area contributed by atoms with Gasteiger partial charge < -0.3 is 9.88 Å². The Morgan fingerprint density at radius 3 is 2.42 bits per heavy atom. The number of aryl methyl sites for hydroxylation is 1. The molecule has 1 heterocycles. The molecule has 132 valence electrons. The van der Waals surface area contributed by atoms with Crippen LogP contribution in [0.25, 0.3) is 10.9 Å². The molecule has 0 unspecified atom stereocenters. The van der Waals surface area contributed by atoms with Crippen molar-refractivity contribution in [1.82, 2.24) is 4.57 Å². The van der Waals surface area contributed by atoms with E-state index in [0.717, 1.165) is 5.52 Å². The van der Waals surface area contributed by atoms with Gasteiger partial charge in [-0.25, -0.2) is 0 Å². The van der Waals surface area contributed by atoms with Crippen molar-refractivity contribution in [3.05, 3.63) is 75.0 Å². The predicted octanol–water partition coefficient (Wildman–Crippen LogP) is 4.13. The van der Waals surface area contributed by atoms with Gasteiger partial charge in [-0.05, 0) is 56.3 Å². The molecule has 3 aromatic rings. The zero-order chi connectivity index (χ0) is 18.8. The van der Waals surface area contributed by atoms with Gasteiger partial charge in [-0.3, -0.25) is 14.4 Å². The zero-order valence-corrected chi connectivity index (χ0v) is 15.1. The third-order valence-corrected chi connectivity index (χ3v) is 4.41. The summed E-state index contributed by atoms with van der Waals surface area (Å²) >= 11 is 6.01. The van der Waals surface area contributed by atoms with Gasteiger partial charge in [-0.1, -0.05) is 11.6 Å². The van der Waals surface area contributed by atoms with Crippen molar-refractivity contribution >= 4 is 39.9 Å². The van der Waals surface area contributed by atoms with Crippen LogP contribution in [0, 0.1) is 0 Å². The highest BCUT2D eigenvalue weighted by atomic mass is 35.5. The van der Waals surface area contributed by atoms with Gasteiger partial charge in [0, 0.05) is 34.4 Å². The molecule has 0 atom stereocenters. The first kappa shape index (κ1) is 17.9. The van der Waals surface area contributed by atoms with Crippen LogP contribution in [0.2, 0.25) is 5.02 Å². The minimum absolute atomic E-state index is 0.0391. The minimum Gasteiger partial charge on any atom is -0.347 e. The van der Waals surface area contributed by atoms with Gasteiger partial charge >= 0.3 is 0 Å². The Kier molecular flexibility index (Phi) is 4.91. The molecule has 0 spiro atoms. The molecule has 3 rings (SSSR count). The molecule has 1 aromatic heterocycles. The van der Waals surface area contributed by atoms with Crippen LogP contribution in [0.5, 0.6) is 0 Å². The maximum atomic E-state index is 12.7. The quantitative estimate of drug-likeness (QED) is 0.704. The third kappa shape index (κ3) is 3.39. The molecule has 5 nitrogen and oxygen atoms in total. The molecule has 0 saturated carbocycles. The summed E-state index contributed by atoms with van der Waals surface area (Å²) in [7, 11) is 0. The van der Waals surface area contributed by atoms with E-state index in [1.54, 1.807) is 48.7 Å². The smallest absolute Gasteiger partial charge is 0.261 e. The second-order valence-corrected chi connectivity index (χ2v) is 6.34. The molecular formula is C20H17ClN2O3. The summed E-state index contributed by atoms with van der Waals surface area (Å²) in [5, 5.41) is 3.54. The van der Waals surface area contributed by atoms with Gasteiger partial charge in [0.05, 0.1) is 5.52 Å². The fourth-order valence-corrected chi connectivity index (χ4v) is 2.95. The number of ketones is 1. The first-order valence-electron chi connectivity index (χ1n) is 8.15. The summed E-state index contributed by atoms with van der Waals surface area (Å²) in [6, 6.07) is 11.6. The number of amides is 1. The molecule has 0 aliphatic rings. The number of aromatic nitrogens is 1. The SMILES string of the molecule is CCn1cc(C(=O)Nc2ccc(C(C)=O)cc2)c(=O)c2cc(Cl)ccc21. The lowest BCUT2D eigenvalue weighted by Crippen LogP contribution is -2.23. The van der Waals surface area contributed by atoms with E-state index < -0.39 is 5.91 Å². The molecule has 6 heteroatoms. The number of anilines is 1. The van der Waals surface area contributed by atoms with Crippen LogP contribution in [0.4, 0.5) is 5.69 Å². The summed E-state index contributed by atoms with van der Waals surface area (Å²) in [6.45, 7) is 4.01. The molecule has 0 aliphatic heterocycles. The first-order chi connectivity index (χ1) is 12.4. The predicted molar refractivity (Wildman–Crippen MR) is 103 cm³/mol.